The van der Waals surface area contributed by atoms with E-state index in [2.05, 4.69) is 19.9 Å². The molecule has 0 saturated heterocycles. The van der Waals surface area contributed by atoms with Gasteiger partial charge < -0.3 is 5.73 Å². The molecule has 0 amide bonds. The molecule has 0 fully saturated rings. The van der Waals surface area contributed by atoms with Crippen molar-refractivity contribution in [2.45, 2.75) is 26.8 Å². The van der Waals surface area contributed by atoms with Crippen LogP contribution < -0.4 is 5.73 Å². The lowest BCUT2D eigenvalue weighted by atomic mass is 10.1. The molecular weight excluding hydrogens is 214 g/mol. The predicted molar refractivity (Wildman–Crippen MR) is 65.1 cm³/mol. The maximum absolute atomic E-state index is 5.82. The lowest BCUT2D eigenvalue weighted by molar-refractivity contribution is 0.789. The van der Waals surface area contributed by atoms with Crippen molar-refractivity contribution < 1.29 is 0 Å². The topological polar surface area (TPSA) is 77.6 Å². The van der Waals surface area contributed by atoms with E-state index < -0.39 is 0 Å². The summed E-state index contributed by atoms with van der Waals surface area (Å²) in [6.45, 7) is 5.69. The highest BCUT2D eigenvalue weighted by Crippen LogP contribution is 2.16. The van der Waals surface area contributed by atoms with Crippen LogP contribution >= 0.6 is 0 Å². The van der Waals surface area contributed by atoms with Crippen molar-refractivity contribution in [2.24, 2.45) is 5.73 Å². The van der Waals surface area contributed by atoms with Gasteiger partial charge >= 0.3 is 0 Å². The molecule has 1 unspecified atom stereocenters. The minimum absolute atomic E-state index is 0.0591. The standard InChI is InChI=1S/C12H15N5/c1-7(13)10-6-15-12(16-8(10)2)11-4-5-14-9(3)17-11/h4-7H,13H2,1-3H3. The molecule has 1 atom stereocenters. The van der Waals surface area contributed by atoms with Crippen molar-refractivity contribution in [3.8, 4) is 11.5 Å². The molecule has 2 rings (SSSR count). The molecule has 2 N–H and O–H groups in total. The fraction of sp³-hybridized carbons (Fsp3) is 0.333. The van der Waals surface area contributed by atoms with Crippen molar-refractivity contribution in [3.63, 3.8) is 0 Å². The van der Waals surface area contributed by atoms with E-state index in [0.717, 1.165) is 17.0 Å². The Labute approximate surface area is 100 Å². The van der Waals surface area contributed by atoms with Gasteiger partial charge in [0.1, 0.15) is 11.5 Å². The molecule has 0 aliphatic carbocycles. The molecule has 0 aliphatic heterocycles. The van der Waals surface area contributed by atoms with Gasteiger partial charge in [0.25, 0.3) is 0 Å². The third-order valence-electron chi connectivity index (χ3n) is 2.51. The zero-order chi connectivity index (χ0) is 12.4. The van der Waals surface area contributed by atoms with Crippen molar-refractivity contribution in [3.05, 3.63) is 35.5 Å². The lowest BCUT2D eigenvalue weighted by Gasteiger charge is -2.09. The van der Waals surface area contributed by atoms with Crippen LogP contribution in [-0.4, -0.2) is 19.9 Å². The highest BCUT2D eigenvalue weighted by molar-refractivity contribution is 5.48. The van der Waals surface area contributed by atoms with Gasteiger partial charge in [-0.2, -0.15) is 0 Å². The van der Waals surface area contributed by atoms with Gasteiger partial charge in [0, 0.05) is 29.7 Å². The predicted octanol–water partition coefficient (Wildman–Crippen LogP) is 1.57. The zero-order valence-corrected chi connectivity index (χ0v) is 10.2. The summed E-state index contributed by atoms with van der Waals surface area (Å²) in [5, 5.41) is 0. The number of nitrogens with zero attached hydrogens (tertiary/aromatic N) is 4. The molecule has 0 aliphatic rings. The number of aryl methyl sites for hydroxylation is 2. The van der Waals surface area contributed by atoms with Gasteiger partial charge in [-0.1, -0.05) is 0 Å². The maximum atomic E-state index is 5.82. The molecule has 17 heavy (non-hydrogen) atoms. The Hall–Kier alpha value is -1.88. The number of nitrogens with two attached hydrogens (primary N) is 1. The summed E-state index contributed by atoms with van der Waals surface area (Å²) in [6.07, 6.45) is 3.47. The molecule has 0 radical (unpaired) electrons. The third-order valence-corrected chi connectivity index (χ3v) is 2.51. The van der Waals surface area contributed by atoms with E-state index in [0.29, 0.717) is 11.6 Å². The molecule has 88 valence electrons. The first kappa shape index (κ1) is 11.6. The summed E-state index contributed by atoms with van der Waals surface area (Å²) in [6, 6.07) is 1.74. The summed E-state index contributed by atoms with van der Waals surface area (Å²) >= 11 is 0. The Kier molecular flexibility index (Phi) is 3.10. The molecule has 5 nitrogen and oxygen atoms in total. The van der Waals surface area contributed by atoms with Crippen LogP contribution in [0.5, 0.6) is 0 Å². The van der Waals surface area contributed by atoms with Gasteiger partial charge in [-0.25, -0.2) is 19.9 Å². The summed E-state index contributed by atoms with van der Waals surface area (Å²) < 4.78 is 0. The van der Waals surface area contributed by atoms with Crippen LogP contribution in [0.3, 0.4) is 0 Å². The second-order valence-corrected chi connectivity index (χ2v) is 4.01. The largest absolute Gasteiger partial charge is 0.324 e. The fourth-order valence-corrected chi connectivity index (χ4v) is 1.63. The van der Waals surface area contributed by atoms with E-state index in [1.807, 2.05) is 20.8 Å². The van der Waals surface area contributed by atoms with Crippen molar-refractivity contribution in [1.29, 1.82) is 0 Å². The van der Waals surface area contributed by atoms with Crippen LogP contribution in [0.2, 0.25) is 0 Å². The summed E-state index contributed by atoms with van der Waals surface area (Å²) in [5.74, 6) is 1.32. The minimum atomic E-state index is -0.0591. The normalized spacial score (nSPS) is 12.5. The number of aromatic nitrogens is 4. The van der Waals surface area contributed by atoms with Gasteiger partial charge in [0.15, 0.2) is 5.82 Å². The van der Waals surface area contributed by atoms with Gasteiger partial charge in [-0.05, 0) is 26.8 Å². The second kappa shape index (κ2) is 4.55. The Morgan fingerprint density at radius 1 is 1.18 bits per heavy atom. The van der Waals surface area contributed by atoms with Crippen molar-refractivity contribution in [1.82, 2.24) is 19.9 Å². The first-order valence-electron chi connectivity index (χ1n) is 5.47. The molecule has 0 spiro atoms. The van der Waals surface area contributed by atoms with E-state index in [9.17, 15) is 0 Å². The van der Waals surface area contributed by atoms with Crippen molar-refractivity contribution >= 4 is 0 Å². The van der Waals surface area contributed by atoms with E-state index in [-0.39, 0.29) is 6.04 Å². The third kappa shape index (κ3) is 2.45. The van der Waals surface area contributed by atoms with Gasteiger partial charge in [-0.15, -0.1) is 0 Å². The van der Waals surface area contributed by atoms with Gasteiger partial charge in [0.2, 0.25) is 0 Å². The number of hydrogen-bond donors (Lipinski definition) is 1. The molecular formula is C12H15N5. The Bertz CT molecular complexity index is 536. The van der Waals surface area contributed by atoms with Crippen LogP contribution in [-0.2, 0) is 0 Å². The van der Waals surface area contributed by atoms with Crippen LogP contribution in [0, 0.1) is 13.8 Å². The zero-order valence-electron chi connectivity index (χ0n) is 10.2. The molecule has 0 saturated carbocycles. The highest BCUT2D eigenvalue weighted by atomic mass is 14.9. The first-order valence-corrected chi connectivity index (χ1v) is 5.47. The van der Waals surface area contributed by atoms with Crippen LogP contribution in [0.1, 0.15) is 30.0 Å². The van der Waals surface area contributed by atoms with Crippen LogP contribution in [0.15, 0.2) is 18.5 Å². The minimum Gasteiger partial charge on any atom is -0.324 e. The summed E-state index contributed by atoms with van der Waals surface area (Å²) in [5.41, 5.74) is 8.40. The average molecular weight is 229 g/mol. The smallest absolute Gasteiger partial charge is 0.178 e. The Morgan fingerprint density at radius 2 is 1.94 bits per heavy atom. The first-order chi connectivity index (χ1) is 8.08. The quantitative estimate of drug-likeness (QED) is 0.845. The monoisotopic (exact) mass is 229 g/mol. The molecule has 2 heterocycles. The van der Waals surface area contributed by atoms with E-state index in [4.69, 9.17) is 5.73 Å². The Morgan fingerprint density at radius 3 is 2.53 bits per heavy atom. The molecule has 2 aromatic rings. The molecule has 0 aromatic carbocycles. The van der Waals surface area contributed by atoms with Gasteiger partial charge in [0.05, 0.1) is 0 Å². The molecule has 5 heteroatoms. The van der Waals surface area contributed by atoms with Crippen molar-refractivity contribution in [2.75, 3.05) is 0 Å². The molecule has 2 aromatic heterocycles. The summed E-state index contributed by atoms with van der Waals surface area (Å²) in [7, 11) is 0. The Balaban J connectivity index is 2.44. The van der Waals surface area contributed by atoms with Gasteiger partial charge in [-0.3, -0.25) is 0 Å². The SMILES string of the molecule is Cc1nccc(-c2ncc(C(C)N)c(C)n2)n1. The average Bonchev–Trinajstić information content (AvgIpc) is 2.28. The van der Waals surface area contributed by atoms with Crippen LogP contribution in [0.25, 0.3) is 11.5 Å². The summed E-state index contributed by atoms with van der Waals surface area (Å²) in [4.78, 5) is 17.1. The molecule has 0 bridgehead atoms. The lowest BCUT2D eigenvalue weighted by Crippen LogP contribution is -2.09. The van der Waals surface area contributed by atoms with E-state index in [1.54, 1.807) is 18.5 Å². The number of rotatable bonds is 2. The second-order valence-electron chi connectivity index (χ2n) is 4.01. The fourth-order valence-electron chi connectivity index (χ4n) is 1.63. The highest BCUT2D eigenvalue weighted by Gasteiger charge is 2.09. The number of hydrogen-bond acceptors (Lipinski definition) is 5. The van der Waals surface area contributed by atoms with E-state index >= 15 is 0 Å². The van der Waals surface area contributed by atoms with Crippen LogP contribution in [0.4, 0.5) is 0 Å². The maximum Gasteiger partial charge on any atom is 0.178 e. The van der Waals surface area contributed by atoms with E-state index in [1.165, 1.54) is 0 Å².